The van der Waals surface area contributed by atoms with Gasteiger partial charge >= 0.3 is 0 Å². The van der Waals surface area contributed by atoms with Gasteiger partial charge in [0, 0.05) is 0 Å². The van der Waals surface area contributed by atoms with E-state index in [1.807, 2.05) is 12.1 Å². The Kier molecular flexibility index (Phi) is 2.39. The molecule has 1 aromatic carbocycles. The second-order valence-corrected chi connectivity index (χ2v) is 6.81. The molecule has 1 heterocycles. The van der Waals surface area contributed by atoms with Gasteiger partial charge in [0.2, 0.25) is 11.7 Å². The lowest BCUT2D eigenvalue weighted by molar-refractivity contribution is -0.121. The number of carbonyl (C=O) groups is 2. The third-order valence-electron chi connectivity index (χ3n) is 4.34. The SMILES string of the molecule is O=C1CC2(c3ccccc3C3=CC=C(F)C(=O)C32)S(=O)N1. The molecule has 1 fully saturated rings. The third-order valence-corrected chi connectivity index (χ3v) is 6.01. The van der Waals surface area contributed by atoms with Crippen molar-refractivity contribution in [3.63, 3.8) is 0 Å². The molecular weight excluding hydrogens is 293 g/mol. The van der Waals surface area contributed by atoms with Crippen LogP contribution in [0, 0.1) is 5.92 Å². The first-order valence-electron chi connectivity index (χ1n) is 6.48. The molecule has 1 aromatic rings. The van der Waals surface area contributed by atoms with Crippen LogP contribution in [0.4, 0.5) is 4.39 Å². The van der Waals surface area contributed by atoms with Gasteiger partial charge in [-0.2, -0.15) is 0 Å². The van der Waals surface area contributed by atoms with Crippen LogP contribution >= 0.6 is 0 Å². The van der Waals surface area contributed by atoms with Crippen LogP contribution in [0.25, 0.3) is 5.57 Å². The molecule has 21 heavy (non-hydrogen) atoms. The molecule has 106 valence electrons. The summed E-state index contributed by atoms with van der Waals surface area (Å²) in [4.78, 5) is 24.1. The smallest absolute Gasteiger partial charge is 0.233 e. The van der Waals surface area contributed by atoms with Crippen LogP contribution in [0.1, 0.15) is 17.5 Å². The molecule has 3 unspecified atom stereocenters. The highest BCUT2D eigenvalue weighted by molar-refractivity contribution is 7.85. The molecule has 3 atom stereocenters. The van der Waals surface area contributed by atoms with E-state index in [1.165, 1.54) is 0 Å². The Morgan fingerprint density at radius 2 is 2.00 bits per heavy atom. The van der Waals surface area contributed by atoms with E-state index < -0.39 is 33.3 Å². The first-order chi connectivity index (χ1) is 10.1. The first kappa shape index (κ1) is 12.6. The molecule has 1 aliphatic heterocycles. The van der Waals surface area contributed by atoms with Gasteiger partial charge in [-0.3, -0.25) is 14.3 Å². The second kappa shape index (κ2) is 3.98. The monoisotopic (exact) mass is 303 g/mol. The maximum absolute atomic E-state index is 13.8. The van der Waals surface area contributed by atoms with Crippen LogP contribution in [0.15, 0.2) is 42.2 Å². The summed E-state index contributed by atoms with van der Waals surface area (Å²) in [5.74, 6) is -2.84. The van der Waals surface area contributed by atoms with Crippen molar-refractivity contribution in [1.82, 2.24) is 4.72 Å². The largest absolute Gasteiger partial charge is 0.291 e. The number of ketones is 1. The van der Waals surface area contributed by atoms with Gasteiger partial charge in [-0.1, -0.05) is 30.3 Å². The van der Waals surface area contributed by atoms with Crippen molar-refractivity contribution in [3.8, 4) is 0 Å². The lowest BCUT2D eigenvalue weighted by Gasteiger charge is -2.28. The molecule has 6 heteroatoms. The lowest BCUT2D eigenvalue weighted by Crippen LogP contribution is -2.39. The topological polar surface area (TPSA) is 63.2 Å². The predicted molar refractivity (Wildman–Crippen MR) is 74.7 cm³/mol. The van der Waals surface area contributed by atoms with Crippen molar-refractivity contribution >= 4 is 28.2 Å². The molecule has 0 radical (unpaired) electrons. The number of allylic oxidation sites excluding steroid dienone is 4. The number of hydrogen-bond donors (Lipinski definition) is 1. The van der Waals surface area contributed by atoms with Gasteiger partial charge in [-0.15, -0.1) is 0 Å². The molecule has 2 aliphatic carbocycles. The lowest BCUT2D eigenvalue weighted by atomic mass is 9.81. The zero-order chi connectivity index (χ0) is 14.8. The summed E-state index contributed by atoms with van der Waals surface area (Å²) in [5.41, 5.74) is 2.08. The zero-order valence-corrected chi connectivity index (χ0v) is 11.6. The maximum Gasteiger partial charge on any atom is 0.233 e. The number of nitrogens with one attached hydrogen (secondary N) is 1. The van der Waals surface area contributed by atoms with Crippen LogP contribution in [-0.4, -0.2) is 15.9 Å². The Morgan fingerprint density at radius 3 is 2.71 bits per heavy atom. The van der Waals surface area contributed by atoms with E-state index in [4.69, 9.17) is 0 Å². The molecule has 1 N–H and O–H groups in total. The van der Waals surface area contributed by atoms with Crippen molar-refractivity contribution < 1.29 is 18.2 Å². The van der Waals surface area contributed by atoms with Crippen molar-refractivity contribution in [2.75, 3.05) is 0 Å². The van der Waals surface area contributed by atoms with Crippen LogP contribution in [-0.2, 0) is 25.3 Å². The molecule has 0 bridgehead atoms. The molecule has 3 aliphatic rings. The Bertz CT molecular complexity index is 798. The van der Waals surface area contributed by atoms with E-state index in [0.717, 1.165) is 11.6 Å². The molecule has 4 rings (SSSR count). The van der Waals surface area contributed by atoms with Gasteiger partial charge in [0.1, 0.15) is 15.7 Å². The molecule has 1 saturated heterocycles. The molecule has 1 amide bonds. The van der Waals surface area contributed by atoms with E-state index in [2.05, 4.69) is 4.72 Å². The number of fused-ring (bicyclic) bond motifs is 5. The summed E-state index contributed by atoms with van der Waals surface area (Å²) in [5, 5.41) is 0. The van der Waals surface area contributed by atoms with Gasteiger partial charge in [0.25, 0.3) is 0 Å². The normalized spacial score (nSPS) is 33.4. The minimum absolute atomic E-state index is 0.0718. The fourth-order valence-electron chi connectivity index (χ4n) is 3.53. The van der Waals surface area contributed by atoms with Gasteiger partial charge in [0.15, 0.2) is 5.83 Å². The number of rotatable bonds is 0. The van der Waals surface area contributed by atoms with Crippen LogP contribution in [0.5, 0.6) is 0 Å². The fraction of sp³-hybridized carbons (Fsp3) is 0.200. The number of carbonyl (C=O) groups excluding carboxylic acids is 2. The van der Waals surface area contributed by atoms with E-state index in [-0.39, 0.29) is 12.3 Å². The van der Waals surface area contributed by atoms with Crippen molar-refractivity contribution in [1.29, 1.82) is 0 Å². The van der Waals surface area contributed by atoms with Gasteiger partial charge in [-0.05, 0) is 22.8 Å². The highest BCUT2D eigenvalue weighted by Gasteiger charge is 2.62. The molecule has 0 saturated carbocycles. The molecular formula is C15H10FNO3S. The highest BCUT2D eigenvalue weighted by Crippen LogP contribution is 2.57. The Labute approximate surface area is 122 Å². The fourth-order valence-corrected chi connectivity index (χ4v) is 5.08. The Balaban J connectivity index is 2.06. The minimum atomic E-state index is -1.76. The summed E-state index contributed by atoms with van der Waals surface area (Å²) in [6.07, 6.45) is 2.61. The predicted octanol–water partition coefficient (Wildman–Crippen LogP) is 1.51. The third kappa shape index (κ3) is 1.40. The van der Waals surface area contributed by atoms with Gasteiger partial charge in [0.05, 0.1) is 12.3 Å². The summed E-state index contributed by atoms with van der Waals surface area (Å²) < 4.78 is 27.5. The summed E-state index contributed by atoms with van der Waals surface area (Å²) in [6.45, 7) is 0. The number of hydrogen-bond acceptors (Lipinski definition) is 3. The van der Waals surface area contributed by atoms with Crippen LogP contribution < -0.4 is 4.72 Å². The van der Waals surface area contributed by atoms with Gasteiger partial charge < -0.3 is 0 Å². The first-order valence-corrected chi connectivity index (χ1v) is 7.63. The van der Waals surface area contributed by atoms with E-state index >= 15 is 0 Å². The standard InChI is InChI=1S/C15H10FNO3S/c16-11-6-5-9-8-3-1-2-4-10(8)15(13(9)14(11)19)7-12(18)17-21(15)20/h1-6,13H,7H2,(H,17,18). The van der Waals surface area contributed by atoms with Crippen molar-refractivity contribution in [2.45, 2.75) is 11.2 Å². The second-order valence-electron chi connectivity index (χ2n) is 5.34. The van der Waals surface area contributed by atoms with Crippen molar-refractivity contribution in [2.24, 2.45) is 5.92 Å². The number of amides is 1. The van der Waals surface area contributed by atoms with E-state index in [9.17, 15) is 18.2 Å². The number of halogens is 1. The number of Topliss-reactive ketones (excluding diaryl/α,β-unsaturated/α-hetero) is 1. The summed E-state index contributed by atoms with van der Waals surface area (Å²) >= 11 is 0. The Hall–Kier alpha value is -2.08. The molecule has 4 nitrogen and oxygen atoms in total. The number of benzene rings is 1. The average Bonchev–Trinajstić information content (AvgIpc) is 2.92. The van der Waals surface area contributed by atoms with Gasteiger partial charge in [-0.25, -0.2) is 8.60 Å². The van der Waals surface area contributed by atoms with E-state index in [1.54, 1.807) is 18.2 Å². The highest BCUT2D eigenvalue weighted by atomic mass is 32.2. The average molecular weight is 303 g/mol. The minimum Gasteiger partial charge on any atom is -0.291 e. The Morgan fingerprint density at radius 1 is 1.24 bits per heavy atom. The maximum atomic E-state index is 13.8. The quantitative estimate of drug-likeness (QED) is 0.790. The zero-order valence-electron chi connectivity index (χ0n) is 10.8. The van der Waals surface area contributed by atoms with E-state index in [0.29, 0.717) is 11.1 Å². The molecule has 0 aromatic heterocycles. The van der Waals surface area contributed by atoms with Crippen LogP contribution in [0.2, 0.25) is 0 Å². The summed E-state index contributed by atoms with van der Waals surface area (Å²) in [6, 6.07) is 7.15. The summed E-state index contributed by atoms with van der Waals surface area (Å²) in [7, 11) is -1.76. The van der Waals surface area contributed by atoms with Crippen molar-refractivity contribution in [3.05, 3.63) is 53.4 Å². The van der Waals surface area contributed by atoms with Crippen LogP contribution in [0.3, 0.4) is 0 Å². The molecule has 1 spiro atoms.